The Hall–Kier alpha value is 0.430. The maximum Gasteiger partial charge on any atom is 0.0695 e. The minimum atomic E-state index is -0.538. The van der Waals surface area contributed by atoms with Crippen molar-refractivity contribution in [2.45, 2.75) is 62.7 Å². The fraction of sp³-hybridized carbons (Fsp3) is 1.00. The van der Waals surface area contributed by atoms with Crippen LogP contribution in [0.5, 0.6) is 0 Å². The van der Waals surface area contributed by atoms with Gasteiger partial charge in [0.1, 0.15) is 0 Å². The lowest BCUT2D eigenvalue weighted by Gasteiger charge is -2.30. The minimum Gasteiger partial charge on any atom is -0.0494 e. The third-order valence-corrected chi connectivity index (χ3v) is 9.33. The van der Waals surface area contributed by atoms with Crippen molar-refractivity contribution in [3.05, 3.63) is 0 Å². The monoisotopic (exact) mass is 199 g/mol. The third kappa shape index (κ3) is 1.94. The van der Waals surface area contributed by atoms with Gasteiger partial charge in [0, 0.05) is 20.6 Å². The van der Waals surface area contributed by atoms with Crippen molar-refractivity contribution in [1.82, 2.24) is 0 Å². The summed E-state index contributed by atoms with van der Waals surface area (Å²) >= 11 is 0. The molecule has 0 N–H and O–H groups in total. The molecule has 2 aliphatic rings. The third-order valence-electron chi connectivity index (χ3n) is 4.53. The Morgan fingerprint density at radius 2 is 1.00 bits per heavy atom. The van der Waals surface area contributed by atoms with Crippen molar-refractivity contribution in [3.8, 4) is 0 Å². The van der Waals surface area contributed by atoms with E-state index in [2.05, 4.69) is 13.3 Å². The summed E-state index contributed by atoms with van der Waals surface area (Å²) in [5, 5.41) is 0. The van der Waals surface area contributed by atoms with Gasteiger partial charge in [-0.2, -0.15) is 0 Å². The van der Waals surface area contributed by atoms with E-state index in [1.807, 2.05) is 0 Å². The van der Waals surface area contributed by atoms with Gasteiger partial charge in [-0.05, 0) is 51.4 Å². The summed E-state index contributed by atoms with van der Waals surface area (Å²) in [5.41, 5.74) is 2.33. The molecule has 13 heavy (non-hydrogen) atoms. The second-order valence-corrected chi connectivity index (χ2v) is 10.2. The van der Waals surface area contributed by atoms with E-state index in [1.54, 1.807) is 25.7 Å². The van der Waals surface area contributed by atoms with Crippen molar-refractivity contribution in [2.75, 3.05) is 13.3 Å². The van der Waals surface area contributed by atoms with Gasteiger partial charge in [-0.15, -0.1) is 0 Å². The van der Waals surface area contributed by atoms with E-state index in [9.17, 15) is 0 Å². The van der Waals surface area contributed by atoms with Crippen molar-refractivity contribution in [3.63, 3.8) is 0 Å². The van der Waals surface area contributed by atoms with Crippen LogP contribution in [-0.4, -0.2) is 24.6 Å². The second-order valence-electron chi connectivity index (χ2n) is 5.51. The normalized spacial score (nSPS) is 27.2. The Morgan fingerprint density at radius 3 is 1.31 bits per heavy atom. The Bertz CT molecular complexity index is 144. The number of hydrogen-bond acceptors (Lipinski definition) is 0. The Kier molecular flexibility index (Phi) is 2.98. The summed E-state index contributed by atoms with van der Waals surface area (Å²) in [4.78, 5) is 0. The van der Waals surface area contributed by atoms with Gasteiger partial charge in [0.15, 0.2) is 0 Å². The molecule has 0 aromatic rings. The smallest absolute Gasteiger partial charge is 0.0494 e. The van der Waals surface area contributed by atoms with Gasteiger partial charge in [-0.3, -0.25) is 0 Å². The van der Waals surface area contributed by atoms with Crippen LogP contribution < -0.4 is 0 Å². The van der Waals surface area contributed by atoms with E-state index < -0.39 is 7.26 Å². The zero-order valence-electron chi connectivity index (χ0n) is 9.26. The SMILES string of the molecule is C[P+](C)(C1CCCC1)C1CCCC1. The van der Waals surface area contributed by atoms with E-state index in [0.717, 1.165) is 11.3 Å². The van der Waals surface area contributed by atoms with Crippen LogP contribution >= 0.6 is 7.26 Å². The average molecular weight is 199 g/mol. The van der Waals surface area contributed by atoms with Gasteiger partial charge in [0.25, 0.3) is 0 Å². The van der Waals surface area contributed by atoms with Crippen LogP contribution in [0.3, 0.4) is 0 Å². The van der Waals surface area contributed by atoms with Crippen LogP contribution in [-0.2, 0) is 0 Å². The Morgan fingerprint density at radius 1 is 0.692 bits per heavy atom. The van der Waals surface area contributed by atoms with Gasteiger partial charge in [0.05, 0.1) is 11.3 Å². The van der Waals surface area contributed by atoms with Crippen LogP contribution in [0, 0.1) is 0 Å². The topological polar surface area (TPSA) is 0 Å². The van der Waals surface area contributed by atoms with Gasteiger partial charge in [-0.1, -0.05) is 0 Å². The highest BCUT2D eigenvalue weighted by molar-refractivity contribution is 7.75. The number of rotatable bonds is 2. The van der Waals surface area contributed by atoms with Crippen LogP contribution in [0.2, 0.25) is 0 Å². The second kappa shape index (κ2) is 3.89. The molecule has 2 aliphatic carbocycles. The quantitative estimate of drug-likeness (QED) is 0.586. The molecule has 0 nitrogen and oxygen atoms in total. The summed E-state index contributed by atoms with van der Waals surface area (Å²) in [7, 11) is -0.538. The van der Waals surface area contributed by atoms with Crippen molar-refractivity contribution in [1.29, 1.82) is 0 Å². The highest BCUT2D eigenvalue weighted by atomic mass is 31.2. The molecule has 0 bridgehead atoms. The molecule has 0 aromatic heterocycles. The molecule has 0 aromatic carbocycles. The molecular formula is C12H24P+. The molecule has 0 aliphatic heterocycles. The lowest BCUT2D eigenvalue weighted by Crippen LogP contribution is -2.18. The first kappa shape index (κ1) is 9.97. The fourth-order valence-electron chi connectivity index (χ4n) is 3.44. The first-order valence-corrected chi connectivity index (χ1v) is 8.87. The lowest BCUT2D eigenvalue weighted by molar-refractivity contribution is 0.817. The van der Waals surface area contributed by atoms with Crippen molar-refractivity contribution >= 4 is 7.26 Å². The molecule has 76 valence electrons. The maximum atomic E-state index is 2.65. The van der Waals surface area contributed by atoms with Gasteiger partial charge in [0.2, 0.25) is 0 Å². The molecule has 0 heterocycles. The molecule has 0 saturated heterocycles. The largest absolute Gasteiger partial charge is 0.0695 e. The van der Waals surface area contributed by atoms with Crippen LogP contribution in [0.15, 0.2) is 0 Å². The average Bonchev–Trinajstić information content (AvgIpc) is 2.78. The molecule has 2 saturated carbocycles. The highest BCUT2D eigenvalue weighted by Gasteiger charge is 2.45. The van der Waals surface area contributed by atoms with E-state index >= 15 is 0 Å². The molecule has 0 spiro atoms. The molecular weight excluding hydrogens is 175 g/mol. The molecule has 2 fully saturated rings. The molecule has 0 unspecified atom stereocenters. The van der Waals surface area contributed by atoms with Crippen LogP contribution in [0.25, 0.3) is 0 Å². The van der Waals surface area contributed by atoms with Crippen molar-refractivity contribution < 1.29 is 0 Å². The van der Waals surface area contributed by atoms with Gasteiger partial charge >= 0.3 is 0 Å². The fourth-order valence-corrected chi connectivity index (χ4v) is 7.43. The van der Waals surface area contributed by atoms with Gasteiger partial charge in [-0.25, -0.2) is 0 Å². The van der Waals surface area contributed by atoms with E-state index in [4.69, 9.17) is 0 Å². The molecule has 1 heteroatoms. The van der Waals surface area contributed by atoms with Crippen LogP contribution in [0.1, 0.15) is 51.4 Å². The lowest BCUT2D eigenvalue weighted by atomic mass is 10.4. The van der Waals surface area contributed by atoms with Crippen molar-refractivity contribution in [2.24, 2.45) is 0 Å². The molecule has 2 rings (SSSR count). The van der Waals surface area contributed by atoms with Gasteiger partial charge < -0.3 is 0 Å². The zero-order chi connectivity index (χ0) is 9.31. The zero-order valence-corrected chi connectivity index (χ0v) is 10.2. The predicted octanol–water partition coefficient (Wildman–Crippen LogP) is 4.15. The van der Waals surface area contributed by atoms with Crippen LogP contribution in [0.4, 0.5) is 0 Å². The Balaban J connectivity index is 1.99. The minimum absolute atomic E-state index is 0.538. The molecule has 0 amide bonds. The predicted molar refractivity (Wildman–Crippen MR) is 63.3 cm³/mol. The molecule has 0 atom stereocenters. The standard InChI is InChI=1S/C12H24P/c1-13(2,11-7-3-4-8-11)12-9-5-6-10-12/h11-12H,3-10H2,1-2H3/q+1. The first-order chi connectivity index (χ1) is 6.21. The summed E-state index contributed by atoms with van der Waals surface area (Å²) in [6.07, 6.45) is 12.4. The van der Waals surface area contributed by atoms with E-state index in [1.165, 1.54) is 25.7 Å². The number of hydrogen-bond donors (Lipinski definition) is 0. The summed E-state index contributed by atoms with van der Waals surface area (Å²) in [6, 6.07) is 0. The van der Waals surface area contributed by atoms with E-state index in [0.29, 0.717) is 0 Å². The maximum absolute atomic E-state index is 2.65. The summed E-state index contributed by atoms with van der Waals surface area (Å²) in [5.74, 6) is 0. The summed E-state index contributed by atoms with van der Waals surface area (Å²) in [6.45, 7) is 5.30. The highest BCUT2D eigenvalue weighted by Crippen LogP contribution is 2.67. The first-order valence-electron chi connectivity index (χ1n) is 6.04. The van der Waals surface area contributed by atoms with E-state index in [-0.39, 0.29) is 0 Å². The summed E-state index contributed by atoms with van der Waals surface area (Å²) < 4.78 is 0. The molecule has 0 radical (unpaired) electrons. The Labute approximate surface area is 83.8 Å².